The number of para-hydroxylation sites is 1. The summed E-state index contributed by atoms with van der Waals surface area (Å²) in [5.41, 5.74) is 3.89. The van der Waals surface area contributed by atoms with Crippen molar-refractivity contribution in [3.63, 3.8) is 0 Å². The number of aryl methyl sites for hydroxylation is 1. The smallest absolute Gasteiger partial charge is 0.251 e. The van der Waals surface area contributed by atoms with Crippen molar-refractivity contribution < 1.29 is 9.53 Å². The summed E-state index contributed by atoms with van der Waals surface area (Å²) in [6.07, 6.45) is 3.12. The number of benzene rings is 2. The van der Waals surface area contributed by atoms with E-state index in [9.17, 15) is 4.79 Å². The Balaban J connectivity index is 1.37. The number of nitrogens with zero attached hydrogens (tertiary/aromatic N) is 2. The van der Waals surface area contributed by atoms with Crippen molar-refractivity contribution >= 4 is 27.5 Å². The Morgan fingerprint density at radius 2 is 2.03 bits per heavy atom. The number of thiazole rings is 1. The van der Waals surface area contributed by atoms with E-state index in [-0.39, 0.29) is 11.9 Å². The number of piperidine rings is 1. The quantitative estimate of drug-likeness (QED) is 0.623. The summed E-state index contributed by atoms with van der Waals surface area (Å²) < 4.78 is 6.85. The van der Waals surface area contributed by atoms with E-state index in [0.717, 1.165) is 53.1 Å². The Hall–Kier alpha value is -2.44. The maximum absolute atomic E-state index is 13.1. The molecule has 0 spiro atoms. The van der Waals surface area contributed by atoms with Crippen LogP contribution in [0.15, 0.2) is 36.4 Å². The van der Waals surface area contributed by atoms with Gasteiger partial charge in [0.1, 0.15) is 5.75 Å². The van der Waals surface area contributed by atoms with Crippen LogP contribution in [0.3, 0.4) is 0 Å². The van der Waals surface area contributed by atoms with Crippen LogP contribution in [0, 0.1) is 6.92 Å². The van der Waals surface area contributed by atoms with Crippen molar-refractivity contribution in [3.8, 4) is 5.75 Å². The summed E-state index contributed by atoms with van der Waals surface area (Å²) in [7, 11) is 0. The average Bonchev–Trinajstić information content (AvgIpc) is 3.24. The van der Waals surface area contributed by atoms with Gasteiger partial charge in [0.25, 0.3) is 5.91 Å². The molecule has 0 radical (unpaired) electrons. The SMILES string of the molecule is CCN1CCC(c2nc3c(C)cc(C(=O)NC4CCOc5ccccc54)cc3s2)CC1. The molecule has 162 valence electrons. The van der Waals surface area contributed by atoms with E-state index in [4.69, 9.17) is 9.72 Å². The van der Waals surface area contributed by atoms with Gasteiger partial charge < -0.3 is 15.0 Å². The van der Waals surface area contributed by atoms with Gasteiger partial charge in [-0.3, -0.25) is 4.79 Å². The molecule has 1 amide bonds. The van der Waals surface area contributed by atoms with Gasteiger partial charge in [-0.25, -0.2) is 4.98 Å². The van der Waals surface area contributed by atoms with E-state index in [2.05, 4.69) is 24.1 Å². The molecule has 1 N–H and O–H groups in total. The molecule has 2 aliphatic heterocycles. The summed E-state index contributed by atoms with van der Waals surface area (Å²) in [5, 5.41) is 4.45. The molecule has 0 bridgehead atoms. The normalized spacial score (nSPS) is 19.7. The first-order valence-corrected chi connectivity index (χ1v) is 12.1. The second kappa shape index (κ2) is 8.60. The predicted molar refractivity (Wildman–Crippen MR) is 125 cm³/mol. The number of hydrogen-bond donors (Lipinski definition) is 1. The molecule has 2 aromatic carbocycles. The van der Waals surface area contributed by atoms with Gasteiger partial charge in [-0.15, -0.1) is 11.3 Å². The zero-order chi connectivity index (χ0) is 21.4. The lowest BCUT2D eigenvalue weighted by molar-refractivity contribution is 0.0925. The lowest BCUT2D eigenvalue weighted by atomic mass is 9.97. The van der Waals surface area contributed by atoms with Gasteiger partial charge in [0.05, 0.1) is 27.9 Å². The minimum atomic E-state index is -0.0297. The van der Waals surface area contributed by atoms with Crippen molar-refractivity contribution in [2.24, 2.45) is 0 Å². The Bertz CT molecular complexity index is 1100. The second-order valence-corrected chi connectivity index (χ2v) is 9.66. The molecule has 6 heteroatoms. The summed E-state index contributed by atoms with van der Waals surface area (Å²) in [5.74, 6) is 1.38. The first-order chi connectivity index (χ1) is 15.1. The maximum atomic E-state index is 13.1. The van der Waals surface area contributed by atoms with Gasteiger partial charge in [-0.05, 0) is 63.2 Å². The number of nitrogens with one attached hydrogen (secondary N) is 1. The number of fused-ring (bicyclic) bond motifs is 2. The van der Waals surface area contributed by atoms with Gasteiger partial charge in [0.15, 0.2) is 0 Å². The van der Waals surface area contributed by atoms with Crippen LogP contribution in [0.5, 0.6) is 5.75 Å². The molecule has 0 aliphatic carbocycles. The third-order valence-corrected chi connectivity index (χ3v) is 7.78. The highest BCUT2D eigenvalue weighted by Crippen LogP contribution is 2.36. The van der Waals surface area contributed by atoms with Gasteiger partial charge >= 0.3 is 0 Å². The second-order valence-electron chi connectivity index (χ2n) is 8.60. The monoisotopic (exact) mass is 435 g/mol. The Kier molecular flexibility index (Phi) is 5.67. The van der Waals surface area contributed by atoms with Crippen LogP contribution in [0.25, 0.3) is 10.2 Å². The molecular weight excluding hydrogens is 406 g/mol. The maximum Gasteiger partial charge on any atom is 0.251 e. The number of ether oxygens (including phenoxy) is 1. The zero-order valence-corrected chi connectivity index (χ0v) is 19.0. The van der Waals surface area contributed by atoms with Gasteiger partial charge in [0, 0.05) is 23.5 Å². The standard InChI is InChI=1S/C25H29N3O2S/c1-3-28-11-8-17(9-12-28)25-27-23-16(2)14-18(15-22(23)31-25)24(29)26-20-10-13-30-21-7-5-4-6-19(20)21/h4-7,14-15,17,20H,3,8-13H2,1-2H3,(H,26,29). The number of rotatable bonds is 4. The van der Waals surface area contributed by atoms with Crippen molar-refractivity contribution in [1.82, 2.24) is 15.2 Å². The minimum Gasteiger partial charge on any atom is -0.493 e. The molecule has 31 heavy (non-hydrogen) atoms. The van der Waals surface area contributed by atoms with E-state index in [1.54, 1.807) is 11.3 Å². The molecule has 1 fully saturated rings. The summed E-state index contributed by atoms with van der Waals surface area (Å²) >= 11 is 1.76. The van der Waals surface area contributed by atoms with Crippen molar-refractivity contribution in [3.05, 3.63) is 58.1 Å². The Morgan fingerprint density at radius 1 is 1.23 bits per heavy atom. The van der Waals surface area contributed by atoms with Crippen LogP contribution < -0.4 is 10.1 Å². The average molecular weight is 436 g/mol. The molecule has 5 nitrogen and oxygen atoms in total. The zero-order valence-electron chi connectivity index (χ0n) is 18.2. The summed E-state index contributed by atoms with van der Waals surface area (Å²) in [4.78, 5) is 20.6. The van der Waals surface area contributed by atoms with E-state index in [0.29, 0.717) is 18.1 Å². The number of hydrogen-bond acceptors (Lipinski definition) is 5. The molecule has 3 heterocycles. The lowest BCUT2D eigenvalue weighted by Gasteiger charge is -2.29. The number of amides is 1. The molecule has 2 aliphatic rings. The van der Waals surface area contributed by atoms with Crippen LogP contribution in [-0.2, 0) is 0 Å². The fourth-order valence-corrected chi connectivity index (χ4v) is 6.00. The van der Waals surface area contributed by atoms with Gasteiger partial charge in [-0.2, -0.15) is 0 Å². The van der Waals surface area contributed by atoms with Crippen LogP contribution >= 0.6 is 11.3 Å². The van der Waals surface area contributed by atoms with Crippen molar-refractivity contribution in [2.45, 2.75) is 45.1 Å². The summed E-state index contributed by atoms with van der Waals surface area (Å²) in [6, 6.07) is 11.9. The molecule has 1 aromatic heterocycles. The first-order valence-electron chi connectivity index (χ1n) is 11.3. The van der Waals surface area contributed by atoms with Crippen LogP contribution in [0.1, 0.15) is 64.6 Å². The summed E-state index contributed by atoms with van der Waals surface area (Å²) in [6.45, 7) is 8.34. The molecule has 1 saturated heterocycles. The lowest BCUT2D eigenvalue weighted by Crippen LogP contribution is -2.32. The highest BCUT2D eigenvalue weighted by molar-refractivity contribution is 7.18. The van der Waals surface area contributed by atoms with Gasteiger partial charge in [-0.1, -0.05) is 25.1 Å². The fourth-order valence-electron chi connectivity index (χ4n) is 4.75. The highest BCUT2D eigenvalue weighted by Gasteiger charge is 2.25. The third kappa shape index (κ3) is 4.06. The van der Waals surface area contributed by atoms with Crippen LogP contribution in [-0.4, -0.2) is 42.0 Å². The van der Waals surface area contributed by atoms with E-state index >= 15 is 0 Å². The van der Waals surface area contributed by atoms with E-state index in [1.165, 1.54) is 17.8 Å². The first kappa shape index (κ1) is 20.5. The Labute approximate surface area is 187 Å². The van der Waals surface area contributed by atoms with Crippen LogP contribution in [0.4, 0.5) is 0 Å². The largest absolute Gasteiger partial charge is 0.493 e. The minimum absolute atomic E-state index is 0.0192. The number of aromatic nitrogens is 1. The van der Waals surface area contributed by atoms with Crippen LogP contribution in [0.2, 0.25) is 0 Å². The van der Waals surface area contributed by atoms with Gasteiger partial charge in [0.2, 0.25) is 0 Å². The predicted octanol–water partition coefficient (Wildman–Crippen LogP) is 5.06. The molecule has 1 unspecified atom stereocenters. The molecule has 1 atom stereocenters. The number of carbonyl (C=O) groups excluding carboxylic acids is 1. The van der Waals surface area contributed by atoms with E-state index in [1.807, 2.05) is 36.4 Å². The Morgan fingerprint density at radius 3 is 2.84 bits per heavy atom. The van der Waals surface area contributed by atoms with Crippen molar-refractivity contribution in [2.75, 3.05) is 26.2 Å². The third-order valence-electron chi connectivity index (χ3n) is 6.61. The molecule has 5 rings (SSSR count). The highest BCUT2D eigenvalue weighted by atomic mass is 32.1. The topological polar surface area (TPSA) is 54.5 Å². The molecular formula is C25H29N3O2S. The number of carbonyl (C=O) groups is 1. The fraction of sp³-hybridized carbons (Fsp3) is 0.440. The molecule has 0 saturated carbocycles. The van der Waals surface area contributed by atoms with Crippen molar-refractivity contribution in [1.29, 1.82) is 0 Å². The molecule has 3 aromatic rings. The number of likely N-dealkylation sites (tertiary alicyclic amines) is 1. The van der Waals surface area contributed by atoms with E-state index < -0.39 is 0 Å².